The average molecular weight is 203 g/mol. The Morgan fingerprint density at radius 2 is 1.80 bits per heavy atom. The normalized spacial score (nSPS) is 11.1. The van der Waals surface area contributed by atoms with E-state index in [4.69, 9.17) is 0 Å². The standard InChI is InChI=1S/C12H15N.C2H6/c1-3-7-12(13-2)10-11-8-5-4-6-9-11;1-2/h3-9H,10H2,1-2H3;1-2H3/b7-3-,13-12?;. The molecule has 1 aromatic carbocycles. The van der Waals surface area contributed by atoms with Gasteiger partial charge in [0.05, 0.1) is 0 Å². The van der Waals surface area contributed by atoms with E-state index in [-0.39, 0.29) is 0 Å². The lowest BCUT2D eigenvalue weighted by Crippen LogP contribution is -1.98. The average Bonchev–Trinajstić information content (AvgIpc) is 2.32. The van der Waals surface area contributed by atoms with Gasteiger partial charge in [-0.3, -0.25) is 4.99 Å². The van der Waals surface area contributed by atoms with Gasteiger partial charge in [0.25, 0.3) is 0 Å². The van der Waals surface area contributed by atoms with Gasteiger partial charge in [-0.2, -0.15) is 0 Å². The van der Waals surface area contributed by atoms with E-state index in [0.29, 0.717) is 0 Å². The topological polar surface area (TPSA) is 12.4 Å². The van der Waals surface area contributed by atoms with Crippen molar-refractivity contribution in [2.24, 2.45) is 4.99 Å². The van der Waals surface area contributed by atoms with Crippen LogP contribution in [0.5, 0.6) is 0 Å². The third-order valence-electron chi connectivity index (χ3n) is 1.87. The van der Waals surface area contributed by atoms with E-state index in [1.165, 1.54) is 5.56 Å². The molecule has 1 rings (SSSR count). The van der Waals surface area contributed by atoms with Gasteiger partial charge in [0, 0.05) is 19.2 Å². The van der Waals surface area contributed by atoms with E-state index in [9.17, 15) is 0 Å². The van der Waals surface area contributed by atoms with Crippen LogP contribution in [0, 0.1) is 0 Å². The lowest BCUT2D eigenvalue weighted by molar-refractivity contribution is 1.29. The van der Waals surface area contributed by atoms with Gasteiger partial charge >= 0.3 is 0 Å². The summed E-state index contributed by atoms with van der Waals surface area (Å²) in [4.78, 5) is 4.20. The Hall–Kier alpha value is -1.37. The summed E-state index contributed by atoms with van der Waals surface area (Å²) in [6.45, 7) is 6.01. The first-order chi connectivity index (χ1) is 7.36. The minimum atomic E-state index is 0.918. The van der Waals surface area contributed by atoms with E-state index in [2.05, 4.69) is 29.3 Å². The molecule has 1 aromatic rings. The van der Waals surface area contributed by atoms with Gasteiger partial charge in [-0.25, -0.2) is 0 Å². The Bertz CT molecular complexity index is 296. The van der Waals surface area contributed by atoms with Crippen molar-refractivity contribution in [3.63, 3.8) is 0 Å². The maximum absolute atomic E-state index is 4.20. The molecule has 82 valence electrons. The van der Waals surface area contributed by atoms with Gasteiger partial charge in [0.2, 0.25) is 0 Å². The molecule has 0 N–H and O–H groups in total. The van der Waals surface area contributed by atoms with Crippen molar-refractivity contribution >= 4 is 5.71 Å². The van der Waals surface area contributed by atoms with Crippen LogP contribution in [0.1, 0.15) is 26.3 Å². The summed E-state index contributed by atoms with van der Waals surface area (Å²) in [5.74, 6) is 0. The van der Waals surface area contributed by atoms with E-state index in [1.807, 2.05) is 46.0 Å². The number of rotatable bonds is 3. The monoisotopic (exact) mass is 203 g/mol. The summed E-state index contributed by atoms with van der Waals surface area (Å²) < 4.78 is 0. The fourth-order valence-electron chi connectivity index (χ4n) is 1.21. The fourth-order valence-corrected chi connectivity index (χ4v) is 1.21. The molecule has 1 heteroatoms. The highest BCUT2D eigenvalue weighted by molar-refractivity contribution is 5.96. The summed E-state index contributed by atoms with van der Waals surface area (Å²) >= 11 is 0. The highest BCUT2D eigenvalue weighted by Crippen LogP contribution is 2.01. The van der Waals surface area contributed by atoms with Crippen LogP contribution >= 0.6 is 0 Å². The summed E-state index contributed by atoms with van der Waals surface area (Å²) in [5.41, 5.74) is 2.43. The SMILES string of the molecule is C/C=C\C(Cc1ccccc1)=NC.CC. The molecule has 0 bridgehead atoms. The molecule has 0 atom stereocenters. The second-order valence-corrected chi connectivity index (χ2v) is 2.88. The first-order valence-corrected chi connectivity index (χ1v) is 5.49. The Morgan fingerprint density at radius 3 is 2.27 bits per heavy atom. The Labute approximate surface area is 93.6 Å². The molecule has 0 heterocycles. The fraction of sp³-hybridized carbons (Fsp3) is 0.357. The van der Waals surface area contributed by atoms with Crippen LogP contribution in [-0.2, 0) is 6.42 Å². The Balaban J connectivity index is 0.000000921. The van der Waals surface area contributed by atoms with Crippen molar-refractivity contribution in [2.75, 3.05) is 7.05 Å². The van der Waals surface area contributed by atoms with E-state index in [1.54, 1.807) is 0 Å². The van der Waals surface area contributed by atoms with Crippen LogP contribution in [0.4, 0.5) is 0 Å². The molecule has 0 saturated carbocycles. The van der Waals surface area contributed by atoms with Gasteiger partial charge in [-0.15, -0.1) is 0 Å². The number of hydrogen-bond acceptors (Lipinski definition) is 1. The van der Waals surface area contributed by atoms with Crippen LogP contribution < -0.4 is 0 Å². The molecule has 0 aliphatic rings. The zero-order valence-corrected chi connectivity index (χ0v) is 10.2. The molecule has 0 radical (unpaired) electrons. The van der Waals surface area contributed by atoms with Crippen LogP contribution in [-0.4, -0.2) is 12.8 Å². The molecular formula is C14H21N. The van der Waals surface area contributed by atoms with E-state index in [0.717, 1.165) is 12.1 Å². The van der Waals surface area contributed by atoms with Crippen molar-refractivity contribution in [3.05, 3.63) is 48.0 Å². The van der Waals surface area contributed by atoms with Gasteiger partial charge in [0.1, 0.15) is 0 Å². The smallest absolute Gasteiger partial charge is 0.0385 e. The van der Waals surface area contributed by atoms with Gasteiger partial charge in [0.15, 0.2) is 0 Å². The van der Waals surface area contributed by atoms with Crippen LogP contribution in [0.3, 0.4) is 0 Å². The van der Waals surface area contributed by atoms with Gasteiger partial charge in [-0.1, -0.05) is 50.3 Å². The largest absolute Gasteiger partial charge is 0.293 e. The summed E-state index contributed by atoms with van der Waals surface area (Å²) in [7, 11) is 1.83. The predicted octanol–water partition coefficient (Wildman–Crippen LogP) is 3.90. The number of allylic oxidation sites excluding steroid dienone is 2. The maximum Gasteiger partial charge on any atom is 0.0385 e. The van der Waals surface area contributed by atoms with Crippen molar-refractivity contribution in [2.45, 2.75) is 27.2 Å². The predicted molar refractivity (Wildman–Crippen MR) is 69.7 cm³/mol. The summed E-state index contributed by atoms with van der Waals surface area (Å²) in [6, 6.07) is 10.4. The Morgan fingerprint density at radius 1 is 1.20 bits per heavy atom. The first-order valence-electron chi connectivity index (χ1n) is 5.49. The molecule has 0 aliphatic carbocycles. The number of aliphatic imine (C=N–C) groups is 1. The van der Waals surface area contributed by atoms with Crippen molar-refractivity contribution in [3.8, 4) is 0 Å². The lowest BCUT2D eigenvalue weighted by Gasteiger charge is -1.99. The molecule has 0 spiro atoms. The van der Waals surface area contributed by atoms with Gasteiger partial charge in [-0.05, 0) is 18.6 Å². The minimum Gasteiger partial charge on any atom is -0.293 e. The third kappa shape index (κ3) is 5.84. The lowest BCUT2D eigenvalue weighted by atomic mass is 10.1. The summed E-state index contributed by atoms with van der Waals surface area (Å²) in [5, 5.41) is 0. The molecular weight excluding hydrogens is 182 g/mol. The van der Waals surface area contributed by atoms with Crippen LogP contribution in [0.15, 0.2) is 47.5 Å². The van der Waals surface area contributed by atoms with Crippen molar-refractivity contribution < 1.29 is 0 Å². The van der Waals surface area contributed by atoms with Crippen LogP contribution in [0.2, 0.25) is 0 Å². The number of nitrogens with zero attached hydrogens (tertiary/aromatic N) is 1. The van der Waals surface area contributed by atoms with E-state index >= 15 is 0 Å². The Kier molecular flexibility index (Phi) is 8.36. The van der Waals surface area contributed by atoms with E-state index < -0.39 is 0 Å². The number of hydrogen-bond donors (Lipinski definition) is 0. The molecule has 0 aliphatic heterocycles. The quantitative estimate of drug-likeness (QED) is 0.661. The van der Waals surface area contributed by atoms with Crippen LogP contribution in [0.25, 0.3) is 0 Å². The second kappa shape index (κ2) is 9.20. The molecule has 15 heavy (non-hydrogen) atoms. The molecule has 0 saturated heterocycles. The third-order valence-corrected chi connectivity index (χ3v) is 1.87. The molecule has 0 aromatic heterocycles. The molecule has 0 unspecified atom stereocenters. The highest BCUT2D eigenvalue weighted by Gasteiger charge is 1.94. The zero-order valence-electron chi connectivity index (χ0n) is 10.2. The highest BCUT2D eigenvalue weighted by atomic mass is 14.7. The summed E-state index contributed by atoms with van der Waals surface area (Å²) in [6.07, 6.45) is 4.99. The molecule has 0 fully saturated rings. The van der Waals surface area contributed by atoms with Crippen molar-refractivity contribution in [1.82, 2.24) is 0 Å². The molecule has 1 nitrogen and oxygen atoms in total. The minimum absolute atomic E-state index is 0.918. The second-order valence-electron chi connectivity index (χ2n) is 2.88. The maximum atomic E-state index is 4.20. The van der Waals surface area contributed by atoms with Crippen molar-refractivity contribution in [1.29, 1.82) is 0 Å². The van der Waals surface area contributed by atoms with Gasteiger partial charge < -0.3 is 0 Å². The molecule has 0 amide bonds. The number of benzene rings is 1. The zero-order chi connectivity index (χ0) is 11.5. The first kappa shape index (κ1) is 13.6.